The smallest absolute Gasteiger partial charge is 0.294 e. The summed E-state index contributed by atoms with van der Waals surface area (Å²) in [4.78, 5) is 25.3. The second-order valence-corrected chi connectivity index (χ2v) is 6.16. The van der Waals surface area contributed by atoms with E-state index in [-0.39, 0.29) is 41.8 Å². The predicted molar refractivity (Wildman–Crippen MR) is 101 cm³/mol. The molecule has 2 N–H and O–H groups in total. The molecular formula is C17H22ClN5O4. The standard InChI is InChI=1S/C17H21N5O4.ClH/c1-26-13-6-8-20(12(10-13)11-18)17(23)14-7-9-21(19-14)15-4-2-3-5-16(15)22(24)25;/h2-5,7,9,12-13H,6,8,10-11,18H2,1H3;1H. The number of aromatic nitrogens is 2. The lowest BCUT2D eigenvalue weighted by Crippen LogP contribution is -2.51. The lowest BCUT2D eigenvalue weighted by atomic mass is 9.99. The lowest BCUT2D eigenvalue weighted by molar-refractivity contribution is -0.384. The fourth-order valence-corrected chi connectivity index (χ4v) is 3.25. The molecule has 2 unspecified atom stereocenters. The molecule has 2 atom stereocenters. The number of piperidine rings is 1. The molecule has 0 bridgehead atoms. The molecule has 2 heterocycles. The molecule has 1 aliphatic rings. The SMILES string of the molecule is COC1CCN(C(=O)c2ccn(-c3ccccc3[N+](=O)[O-])n2)C(CN)C1.Cl. The molecule has 1 aromatic heterocycles. The molecule has 3 rings (SSSR count). The highest BCUT2D eigenvalue weighted by Crippen LogP contribution is 2.23. The van der Waals surface area contributed by atoms with Gasteiger partial charge in [0, 0.05) is 38.5 Å². The molecule has 1 saturated heterocycles. The number of nitrogens with two attached hydrogens (primary N) is 1. The zero-order valence-electron chi connectivity index (χ0n) is 14.9. The van der Waals surface area contributed by atoms with Gasteiger partial charge in [-0.1, -0.05) is 12.1 Å². The quantitative estimate of drug-likeness (QED) is 0.609. The Morgan fingerprint density at radius 3 is 2.81 bits per heavy atom. The third kappa shape index (κ3) is 4.26. The Balaban J connectivity index is 0.00000261. The average Bonchev–Trinajstić information content (AvgIpc) is 3.16. The topological polar surface area (TPSA) is 117 Å². The zero-order chi connectivity index (χ0) is 18.7. The Labute approximate surface area is 162 Å². The Morgan fingerprint density at radius 2 is 2.15 bits per heavy atom. The van der Waals surface area contributed by atoms with Crippen molar-refractivity contribution in [3.63, 3.8) is 0 Å². The summed E-state index contributed by atoms with van der Waals surface area (Å²) in [6.45, 7) is 0.883. The summed E-state index contributed by atoms with van der Waals surface area (Å²) in [7, 11) is 1.66. The fourth-order valence-electron chi connectivity index (χ4n) is 3.25. The second-order valence-electron chi connectivity index (χ2n) is 6.16. The van der Waals surface area contributed by atoms with Gasteiger partial charge in [0.2, 0.25) is 0 Å². The molecule has 0 radical (unpaired) electrons. The minimum Gasteiger partial charge on any atom is -0.381 e. The number of carbonyl (C=O) groups is 1. The third-order valence-electron chi connectivity index (χ3n) is 4.67. The van der Waals surface area contributed by atoms with Crippen LogP contribution in [0, 0.1) is 10.1 Å². The van der Waals surface area contributed by atoms with E-state index in [1.807, 2.05) is 0 Å². The summed E-state index contributed by atoms with van der Waals surface area (Å²) in [5.41, 5.74) is 6.30. The molecular weight excluding hydrogens is 374 g/mol. The Morgan fingerprint density at radius 1 is 1.41 bits per heavy atom. The van der Waals surface area contributed by atoms with Crippen molar-refractivity contribution in [1.82, 2.24) is 14.7 Å². The number of carbonyl (C=O) groups excluding carboxylic acids is 1. The van der Waals surface area contributed by atoms with E-state index in [0.29, 0.717) is 25.2 Å². The molecule has 27 heavy (non-hydrogen) atoms. The first-order valence-corrected chi connectivity index (χ1v) is 8.38. The van der Waals surface area contributed by atoms with Crippen LogP contribution >= 0.6 is 12.4 Å². The molecule has 1 aromatic carbocycles. The van der Waals surface area contributed by atoms with E-state index in [4.69, 9.17) is 10.5 Å². The molecule has 0 saturated carbocycles. The summed E-state index contributed by atoms with van der Waals surface area (Å²) in [6.07, 6.45) is 3.07. The van der Waals surface area contributed by atoms with Crippen LogP contribution in [0.25, 0.3) is 5.69 Å². The fraction of sp³-hybridized carbons (Fsp3) is 0.412. The van der Waals surface area contributed by atoms with Gasteiger partial charge in [-0.3, -0.25) is 14.9 Å². The van der Waals surface area contributed by atoms with Crippen molar-refractivity contribution in [2.75, 3.05) is 20.2 Å². The van der Waals surface area contributed by atoms with Gasteiger partial charge in [-0.05, 0) is 25.0 Å². The van der Waals surface area contributed by atoms with Crippen LogP contribution in [0.4, 0.5) is 5.69 Å². The van der Waals surface area contributed by atoms with Gasteiger partial charge < -0.3 is 15.4 Å². The minimum atomic E-state index is -0.474. The van der Waals surface area contributed by atoms with E-state index in [1.165, 1.54) is 10.7 Å². The van der Waals surface area contributed by atoms with Gasteiger partial charge in [-0.25, -0.2) is 4.68 Å². The number of nitro benzene ring substituents is 1. The molecule has 1 fully saturated rings. The first-order valence-electron chi connectivity index (χ1n) is 8.38. The number of nitro groups is 1. The Kier molecular flexibility index (Phi) is 6.89. The van der Waals surface area contributed by atoms with E-state index in [1.54, 1.807) is 42.5 Å². The van der Waals surface area contributed by atoms with Crippen molar-refractivity contribution in [2.45, 2.75) is 25.0 Å². The monoisotopic (exact) mass is 395 g/mol. The number of amides is 1. The maximum Gasteiger partial charge on any atom is 0.294 e. The van der Waals surface area contributed by atoms with Crippen molar-refractivity contribution >= 4 is 24.0 Å². The number of hydrogen-bond acceptors (Lipinski definition) is 6. The number of benzene rings is 1. The van der Waals surface area contributed by atoms with Crippen LogP contribution in [0.5, 0.6) is 0 Å². The van der Waals surface area contributed by atoms with Crippen LogP contribution in [0.3, 0.4) is 0 Å². The third-order valence-corrected chi connectivity index (χ3v) is 4.67. The Hall–Kier alpha value is -2.49. The van der Waals surface area contributed by atoms with E-state index in [0.717, 1.165) is 6.42 Å². The van der Waals surface area contributed by atoms with Crippen molar-refractivity contribution in [3.8, 4) is 5.69 Å². The van der Waals surface area contributed by atoms with E-state index >= 15 is 0 Å². The molecule has 2 aromatic rings. The van der Waals surface area contributed by atoms with Crippen LogP contribution in [0.15, 0.2) is 36.5 Å². The highest BCUT2D eigenvalue weighted by Gasteiger charge is 2.32. The van der Waals surface area contributed by atoms with Crippen LogP contribution in [-0.2, 0) is 4.74 Å². The van der Waals surface area contributed by atoms with E-state index in [2.05, 4.69) is 5.10 Å². The van der Waals surface area contributed by atoms with Gasteiger partial charge in [0.05, 0.1) is 11.0 Å². The highest BCUT2D eigenvalue weighted by molar-refractivity contribution is 5.92. The van der Waals surface area contributed by atoms with Crippen LogP contribution < -0.4 is 5.73 Å². The van der Waals surface area contributed by atoms with Gasteiger partial charge in [0.15, 0.2) is 5.69 Å². The maximum atomic E-state index is 12.8. The molecule has 146 valence electrons. The summed E-state index contributed by atoms with van der Waals surface area (Å²) in [6, 6.07) is 7.71. The zero-order valence-corrected chi connectivity index (χ0v) is 15.7. The molecule has 1 amide bonds. The molecule has 1 aliphatic heterocycles. The number of methoxy groups -OCH3 is 1. The number of rotatable bonds is 5. The number of para-hydroxylation sites is 2. The van der Waals surface area contributed by atoms with Gasteiger partial charge >= 0.3 is 0 Å². The molecule has 10 heteroatoms. The van der Waals surface area contributed by atoms with Crippen molar-refractivity contribution < 1.29 is 14.5 Å². The number of nitrogens with zero attached hydrogens (tertiary/aromatic N) is 4. The van der Waals surface area contributed by atoms with Crippen LogP contribution in [0.1, 0.15) is 23.3 Å². The van der Waals surface area contributed by atoms with Crippen molar-refractivity contribution in [2.24, 2.45) is 5.73 Å². The van der Waals surface area contributed by atoms with Crippen molar-refractivity contribution in [1.29, 1.82) is 0 Å². The first-order chi connectivity index (χ1) is 12.5. The second kappa shape index (κ2) is 8.94. The van der Waals surface area contributed by atoms with E-state index in [9.17, 15) is 14.9 Å². The maximum absolute atomic E-state index is 12.8. The number of halogens is 1. The van der Waals surface area contributed by atoms with Gasteiger partial charge in [-0.2, -0.15) is 5.10 Å². The van der Waals surface area contributed by atoms with Crippen LogP contribution in [0.2, 0.25) is 0 Å². The summed E-state index contributed by atoms with van der Waals surface area (Å²) < 4.78 is 6.73. The average molecular weight is 396 g/mol. The van der Waals surface area contributed by atoms with Gasteiger partial charge in [0.1, 0.15) is 5.69 Å². The largest absolute Gasteiger partial charge is 0.381 e. The normalized spacial score (nSPS) is 19.4. The van der Waals surface area contributed by atoms with Crippen LogP contribution in [-0.4, -0.2) is 57.9 Å². The minimum absolute atomic E-state index is 0. The molecule has 9 nitrogen and oxygen atoms in total. The van der Waals surface area contributed by atoms with E-state index < -0.39 is 4.92 Å². The summed E-state index contributed by atoms with van der Waals surface area (Å²) >= 11 is 0. The summed E-state index contributed by atoms with van der Waals surface area (Å²) in [5, 5.41) is 15.4. The number of ether oxygens (including phenoxy) is 1. The van der Waals surface area contributed by atoms with Crippen molar-refractivity contribution in [3.05, 3.63) is 52.3 Å². The Bertz CT molecular complexity index is 812. The molecule has 0 aliphatic carbocycles. The number of hydrogen-bond donors (Lipinski definition) is 1. The van der Waals surface area contributed by atoms with Gasteiger partial charge in [0.25, 0.3) is 11.6 Å². The number of likely N-dealkylation sites (tertiary alicyclic amines) is 1. The predicted octanol–water partition coefficient (Wildman–Crippen LogP) is 1.78. The summed E-state index contributed by atoms with van der Waals surface area (Å²) in [5.74, 6) is -0.229. The van der Waals surface area contributed by atoms with Gasteiger partial charge in [-0.15, -0.1) is 12.4 Å². The lowest BCUT2D eigenvalue weighted by Gasteiger charge is -2.38. The first kappa shape index (κ1) is 20.8. The molecule has 0 spiro atoms. The highest BCUT2D eigenvalue weighted by atomic mass is 35.5.